The maximum absolute atomic E-state index is 13.2. The van der Waals surface area contributed by atoms with Crippen LogP contribution in [-0.2, 0) is 0 Å². The third-order valence-corrected chi connectivity index (χ3v) is 6.21. The number of aromatic nitrogens is 4. The van der Waals surface area contributed by atoms with E-state index in [4.69, 9.17) is 4.98 Å². The van der Waals surface area contributed by atoms with E-state index in [1.807, 2.05) is 60.4 Å². The highest BCUT2D eigenvalue weighted by atomic mass is 16.2. The number of carbonyl (C=O) groups is 1. The molecule has 1 aliphatic heterocycles. The average molecular weight is 429 g/mol. The topological polar surface area (TPSA) is 66.6 Å². The van der Waals surface area contributed by atoms with E-state index in [-0.39, 0.29) is 17.9 Å². The molecule has 0 spiro atoms. The Morgan fingerprint density at radius 2 is 1.88 bits per heavy atom. The first kappa shape index (κ1) is 20.4. The van der Waals surface area contributed by atoms with Crippen molar-refractivity contribution < 1.29 is 4.79 Å². The van der Waals surface area contributed by atoms with Crippen LogP contribution in [0.1, 0.15) is 48.4 Å². The standard InChI is InChI=1S/C25H28N6O/c1-16(2)22-27-28-23-20-10-5-6-11-21(20)26-25(31(22)23)29-12-13-30(18(4)15-29)24(32)19-9-7-8-17(3)14-19/h5-11,14,16,18H,12-13,15H2,1-4H3. The summed E-state index contributed by atoms with van der Waals surface area (Å²) in [5, 5.41) is 10.0. The maximum Gasteiger partial charge on any atom is 0.254 e. The van der Waals surface area contributed by atoms with Gasteiger partial charge in [0, 0.05) is 42.5 Å². The molecule has 1 atom stereocenters. The van der Waals surface area contributed by atoms with Gasteiger partial charge in [0.1, 0.15) is 5.82 Å². The van der Waals surface area contributed by atoms with Crippen LogP contribution in [0.5, 0.6) is 0 Å². The fourth-order valence-electron chi connectivity index (χ4n) is 4.56. The molecule has 1 saturated heterocycles. The minimum atomic E-state index is 0.0547. The molecule has 164 valence electrons. The molecule has 2 aromatic carbocycles. The van der Waals surface area contributed by atoms with Gasteiger partial charge in [-0.25, -0.2) is 9.38 Å². The normalized spacial score (nSPS) is 17.0. The summed E-state index contributed by atoms with van der Waals surface area (Å²) in [5.74, 6) is 2.05. The van der Waals surface area contributed by atoms with Crippen LogP contribution in [-0.4, -0.2) is 56.1 Å². The Hall–Kier alpha value is -3.48. The molecule has 1 fully saturated rings. The third-order valence-electron chi connectivity index (χ3n) is 6.21. The van der Waals surface area contributed by atoms with Crippen molar-refractivity contribution in [2.75, 3.05) is 24.5 Å². The molecule has 5 rings (SSSR count). The van der Waals surface area contributed by atoms with E-state index in [0.29, 0.717) is 19.6 Å². The number of para-hydroxylation sites is 1. The van der Waals surface area contributed by atoms with Gasteiger partial charge in [-0.05, 0) is 38.1 Å². The van der Waals surface area contributed by atoms with E-state index < -0.39 is 0 Å². The number of hydrogen-bond donors (Lipinski definition) is 0. The minimum Gasteiger partial charge on any atom is -0.338 e. The largest absolute Gasteiger partial charge is 0.338 e. The van der Waals surface area contributed by atoms with Crippen LogP contribution in [0.15, 0.2) is 48.5 Å². The molecule has 0 saturated carbocycles. The second kappa shape index (κ2) is 7.89. The molecular weight excluding hydrogens is 400 g/mol. The number of fused-ring (bicyclic) bond motifs is 3. The molecule has 0 radical (unpaired) electrons. The average Bonchev–Trinajstić information content (AvgIpc) is 3.24. The van der Waals surface area contributed by atoms with Gasteiger partial charge in [-0.2, -0.15) is 0 Å². The van der Waals surface area contributed by atoms with Gasteiger partial charge in [-0.1, -0.05) is 43.7 Å². The van der Waals surface area contributed by atoms with Crippen LogP contribution in [0.25, 0.3) is 16.6 Å². The van der Waals surface area contributed by atoms with Crippen LogP contribution >= 0.6 is 0 Å². The van der Waals surface area contributed by atoms with E-state index in [1.54, 1.807) is 0 Å². The lowest BCUT2D eigenvalue weighted by molar-refractivity contribution is 0.0673. The summed E-state index contributed by atoms with van der Waals surface area (Å²) in [6.07, 6.45) is 0. The summed E-state index contributed by atoms with van der Waals surface area (Å²) in [7, 11) is 0. The molecule has 7 heteroatoms. The first-order valence-corrected chi connectivity index (χ1v) is 11.2. The number of aryl methyl sites for hydroxylation is 1. The number of benzene rings is 2. The second-order valence-electron chi connectivity index (χ2n) is 8.96. The quantitative estimate of drug-likeness (QED) is 0.492. The van der Waals surface area contributed by atoms with Gasteiger partial charge in [0.25, 0.3) is 5.91 Å². The number of amides is 1. The fraction of sp³-hybridized carbons (Fsp3) is 0.360. The Morgan fingerprint density at radius 1 is 1.06 bits per heavy atom. The Labute approximate surface area is 187 Å². The summed E-state index contributed by atoms with van der Waals surface area (Å²) >= 11 is 0. The second-order valence-corrected chi connectivity index (χ2v) is 8.96. The zero-order chi connectivity index (χ0) is 22.4. The predicted octanol–water partition coefficient (Wildman–Crippen LogP) is 4.06. The molecule has 0 N–H and O–H groups in total. The number of hydrogen-bond acceptors (Lipinski definition) is 5. The first-order valence-electron chi connectivity index (χ1n) is 11.2. The van der Waals surface area contributed by atoms with Crippen molar-refractivity contribution in [3.8, 4) is 0 Å². The molecule has 3 heterocycles. The van der Waals surface area contributed by atoms with Crippen molar-refractivity contribution in [2.24, 2.45) is 0 Å². The molecule has 1 unspecified atom stereocenters. The molecule has 4 aromatic rings. The lowest BCUT2D eigenvalue weighted by atomic mass is 10.1. The van der Waals surface area contributed by atoms with E-state index in [2.05, 4.69) is 40.3 Å². The van der Waals surface area contributed by atoms with Gasteiger partial charge in [-0.3, -0.25) is 4.79 Å². The van der Waals surface area contributed by atoms with Crippen molar-refractivity contribution in [1.29, 1.82) is 0 Å². The molecule has 0 aliphatic carbocycles. The lowest BCUT2D eigenvalue weighted by Gasteiger charge is -2.40. The summed E-state index contributed by atoms with van der Waals surface area (Å²) in [6.45, 7) is 10.4. The summed E-state index contributed by atoms with van der Waals surface area (Å²) in [6, 6.07) is 15.9. The molecule has 0 bridgehead atoms. The van der Waals surface area contributed by atoms with Crippen LogP contribution < -0.4 is 4.90 Å². The van der Waals surface area contributed by atoms with Crippen LogP contribution in [0, 0.1) is 6.92 Å². The number of nitrogens with zero attached hydrogens (tertiary/aromatic N) is 6. The number of piperazine rings is 1. The summed E-state index contributed by atoms with van der Waals surface area (Å²) in [4.78, 5) is 22.4. The molecule has 1 amide bonds. The Bertz CT molecular complexity index is 1310. The highest BCUT2D eigenvalue weighted by Crippen LogP contribution is 2.28. The monoisotopic (exact) mass is 428 g/mol. The number of carbonyl (C=O) groups excluding carboxylic acids is 1. The summed E-state index contributed by atoms with van der Waals surface area (Å²) in [5.41, 5.74) is 3.58. The summed E-state index contributed by atoms with van der Waals surface area (Å²) < 4.78 is 2.09. The number of anilines is 1. The van der Waals surface area contributed by atoms with Crippen LogP contribution in [0.3, 0.4) is 0 Å². The first-order chi connectivity index (χ1) is 15.4. The minimum absolute atomic E-state index is 0.0547. The van der Waals surface area contributed by atoms with Crippen molar-refractivity contribution in [3.05, 3.63) is 65.5 Å². The van der Waals surface area contributed by atoms with Gasteiger partial charge in [0.05, 0.1) is 5.52 Å². The third kappa shape index (κ3) is 3.38. The van der Waals surface area contributed by atoms with Gasteiger partial charge >= 0.3 is 0 Å². The van der Waals surface area contributed by atoms with Crippen LogP contribution in [0.4, 0.5) is 5.95 Å². The molecule has 1 aliphatic rings. The Balaban J connectivity index is 1.51. The Kier molecular flexibility index (Phi) is 5.04. The fourth-order valence-corrected chi connectivity index (χ4v) is 4.56. The van der Waals surface area contributed by atoms with E-state index in [1.165, 1.54) is 0 Å². The van der Waals surface area contributed by atoms with E-state index in [0.717, 1.165) is 39.4 Å². The van der Waals surface area contributed by atoms with E-state index >= 15 is 0 Å². The molecule has 32 heavy (non-hydrogen) atoms. The Morgan fingerprint density at radius 3 is 2.62 bits per heavy atom. The van der Waals surface area contributed by atoms with Gasteiger partial charge < -0.3 is 9.80 Å². The maximum atomic E-state index is 13.2. The van der Waals surface area contributed by atoms with Crippen molar-refractivity contribution >= 4 is 28.4 Å². The molecule has 2 aromatic heterocycles. The SMILES string of the molecule is Cc1cccc(C(=O)N2CCN(c3nc4ccccc4c4nnc(C(C)C)n34)CC2C)c1. The van der Waals surface area contributed by atoms with E-state index in [9.17, 15) is 4.79 Å². The highest BCUT2D eigenvalue weighted by molar-refractivity contribution is 5.95. The van der Waals surface area contributed by atoms with Crippen molar-refractivity contribution in [1.82, 2.24) is 24.5 Å². The zero-order valence-electron chi connectivity index (χ0n) is 19.0. The van der Waals surface area contributed by atoms with Crippen molar-refractivity contribution in [3.63, 3.8) is 0 Å². The number of rotatable bonds is 3. The molecule has 7 nitrogen and oxygen atoms in total. The van der Waals surface area contributed by atoms with Gasteiger partial charge in [0.15, 0.2) is 5.65 Å². The zero-order valence-corrected chi connectivity index (χ0v) is 19.0. The predicted molar refractivity (Wildman–Crippen MR) is 126 cm³/mol. The van der Waals surface area contributed by atoms with Crippen LogP contribution in [0.2, 0.25) is 0 Å². The van der Waals surface area contributed by atoms with Gasteiger partial charge in [0.2, 0.25) is 5.95 Å². The van der Waals surface area contributed by atoms with Crippen molar-refractivity contribution in [2.45, 2.75) is 39.7 Å². The van der Waals surface area contributed by atoms with Gasteiger partial charge in [-0.15, -0.1) is 10.2 Å². The lowest BCUT2D eigenvalue weighted by Crippen LogP contribution is -2.54. The smallest absolute Gasteiger partial charge is 0.254 e. The highest BCUT2D eigenvalue weighted by Gasteiger charge is 2.31. The molecular formula is C25H28N6O.